The summed E-state index contributed by atoms with van der Waals surface area (Å²) >= 11 is 0. The molecule has 0 aromatic rings. The highest BCUT2D eigenvalue weighted by atomic mass is 16.6. The number of nitro groups is 1. The summed E-state index contributed by atoms with van der Waals surface area (Å²) in [5, 5.41) is 18.8. The SMILES string of the molecule is N#CC(CN1CCOCC1)[N+](=O)[O-]. The highest BCUT2D eigenvalue weighted by molar-refractivity contribution is 4.86. The zero-order chi connectivity index (χ0) is 9.68. The van der Waals surface area contributed by atoms with Gasteiger partial charge in [0, 0.05) is 18.0 Å². The van der Waals surface area contributed by atoms with Gasteiger partial charge in [0.2, 0.25) is 0 Å². The Hall–Kier alpha value is -1.19. The third kappa shape index (κ3) is 2.97. The Kier molecular flexibility index (Phi) is 3.61. The minimum atomic E-state index is -1.11. The summed E-state index contributed by atoms with van der Waals surface area (Å²) in [7, 11) is 0. The molecule has 6 heteroatoms. The molecule has 0 aliphatic carbocycles. The molecule has 0 aromatic carbocycles. The molecule has 0 aromatic heterocycles. The first-order chi connectivity index (χ1) is 6.24. The molecule has 1 aliphatic rings. The van der Waals surface area contributed by atoms with Crippen LogP contribution in [0.1, 0.15) is 0 Å². The molecule has 1 fully saturated rings. The molecule has 0 spiro atoms. The Labute approximate surface area is 75.8 Å². The fraction of sp³-hybridized carbons (Fsp3) is 0.857. The molecule has 0 N–H and O–H groups in total. The Balaban J connectivity index is 2.37. The lowest BCUT2D eigenvalue weighted by molar-refractivity contribution is -0.507. The van der Waals surface area contributed by atoms with Gasteiger partial charge in [-0.05, 0) is 0 Å². The first-order valence-electron chi connectivity index (χ1n) is 4.07. The Morgan fingerprint density at radius 1 is 1.62 bits per heavy atom. The molecular weight excluding hydrogens is 174 g/mol. The number of hydrogen-bond acceptors (Lipinski definition) is 5. The van der Waals surface area contributed by atoms with Gasteiger partial charge >= 0.3 is 6.04 Å². The molecule has 13 heavy (non-hydrogen) atoms. The summed E-state index contributed by atoms with van der Waals surface area (Å²) in [4.78, 5) is 11.7. The van der Waals surface area contributed by atoms with Crippen molar-refractivity contribution in [1.29, 1.82) is 5.26 Å². The summed E-state index contributed by atoms with van der Waals surface area (Å²) in [6, 6.07) is 0.554. The number of rotatable bonds is 3. The van der Waals surface area contributed by atoms with Gasteiger partial charge in [0.1, 0.15) is 6.07 Å². The molecule has 0 bridgehead atoms. The molecule has 1 unspecified atom stereocenters. The minimum absolute atomic E-state index is 0.201. The lowest BCUT2D eigenvalue weighted by Gasteiger charge is -2.25. The van der Waals surface area contributed by atoms with E-state index in [0.717, 1.165) is 0 Å². The van der Waals surface area contributed by atoms with Crippen LogP contribution in [-0.4, -0.2) is 48.7 Å². The maximum absolute atomic E-state index is 10.3. The molecule has 1 rings (SSSR count). The van der Waals surface area contributed by atoms with Crippen LogP contribution in [0.5, 0.6) is 0 Å². The lowest BCUT2D eigenvalue weighted by atomic mass is 10.3. The van der Waals surface area contributed by atoms with Crippen LogP contribution in [0.15, 0.2) is 0 Å². The molecule has 0 radical (unpaired) electrons. The number of nitriles is 1. The Morgan fingerprint density at radius 3 is 2.69 bits per heavy atom. The predicted molar refractivity (Wildman–Crippen MR) is 43.7 cm³/mol. The third-order valence-corrected chi connectivity index (χ3v) is 1.94. The summed E-state index contributed by atoms with van der Waals surface area (Å²) in [6.45, 7) is 2.73. The van der Waals surface area contributed by atoms with E-state index in [1.165, 1.54) is 0 Å². The van der Waals surface area contributed by atoms with Crippen molar-refractivity contribution in [3.05, 3.63) is 10.1 Å². The van der Waals surface area contributed by atoms with Crippen LogP contribution >= 0.6 is 0 Å². The topological polar surface area (TPSA) is 79.4 Å². The molecule has 0 amide bonds. The fourth-order valence-electron chi connectivity index (χ4n) is 1.18. The molecule has 1 aliphatic heterocycles. The van der Waals surface area contributed by atoms with E-state index in [4.69, 9.17) is 10.00 Å². The smallest absolute Gasteiger partial charge is 0.309 e. The number of ether oxygens (including phenoxy) is 1. The quantitative estimate of drug-likeness (QED) is 0.437. The first kappa shape index (κ1) is 9.89. The highest BCUT2D eigenvalue weighted by Crippen LogP contribution is 1.99. The van der Waals surface area contributed by atoms with Gasteiger partial charge < -0.3 is 4.74 Å². The van der Waals surface area contributed by atoms with Gasteiger partial charge in [-0.2, -0.15) is 5.26 Å². The summed E-state index contributed by atoms with van der Waals surface area (Å²) in [5.74, 6) is 0. The summed E-state index contributed by atoms with van der Waals surface area (Å²) in [6.07, 6.45) is 0. The van der Waals surface area contributed by atoms with Crippen molar-refractivity contribution in [3.8, 4) is 6.07 Å². The second-order valence-electron chi connectivity index (χ2n) is 2.84. The van der Waals surface area contributed by atoms with Crippen molar-refractivity contribution in [3.63, 3.8) is 0 Å². The van der Waals surface area contributed by atoms with Crippen LogP contribution in [0.3, 0.4) is 0 Å². The van der Waals surface area contributed by atoms with Crippen molar-refractivity contribution >= 4 is 0 Å². The lowest BCUT2D eigenvalue weighted by Crippen LogP contribution is -2.42. The van der Waals surface area contributed by atoms with Crippen LogP contribution in [0.25, 0.3) is 0 Å². The van der Waals surface area contributed by atoms with Crippen LogP contribution in [0.4, 0.5) is 0 Å². The van der Waals surface area contributed by atoms with E-state index in [1.54, 1.807) is 6.07 Å². The molecule has 1 heterocycles. The Morgan fingerprint density at radius 2 is 2.23 bits per heavy atom. The molecule has 72 valence electrons. The van der Waals surface area contributed by atoms with Crippen LogP contribution in [-0.2, 0) is 4.74 Å². The molecule has 1 saturated heterocycles. The van der Waals surface area contributed by atoms with Crippen LogP contribution in [0, 0.1) is 21.4 Å². The standard InChI is InChI=1S/C7H11N3O3/c8-5-7(10(11)12)6-9-1-3-13-4-2-9/h7H,1-4,6H2. The summed E-state index contributed by atoms with van der Waals surface area (Å²) in [5.41, 5.74) is 0. The van der Waals surface area contributed by atoms with Crippen LogP contribution < -0.4 is 0 Å². The molecule has 0 saturated carbocycles. The average molecular weight is 185 g/mol. The van der Waals surface area contributed by atoms with Gasteiger partial charge in [-0.25, -0.2) is 0 Å². The number of hydrogen-bond donors (Lipinski definition) is 0. The summed E-state index contributed by atoms with van der Waals surface area (Å²) < 4.78 is 5.08. The van der Waals surface area contributed by atoms with Gasteiger partial charge in [0.15, 0.2) is 0 Å². The van der Waals surface area contributed by atoms with E-state index in [9.17, 15) is 10.1 Å². The normalized spacial score (nSPS) is 20.5. The van der Waals surface area contributed by atoms with Gasteiger partial charge in [-0.1, -0.05) is 0 Å². The van der Waals surface area contributed by atoms with Crippen molar-refractivity contribution in [2.24, 2.45) is 0 Å². The monoisotopic (exact) mass is 185 g/mol. The third-order valence-electron chi connectivity index (χ3n) is 1.94. The van der Waals surface area contributed by atoms with E-state index in [0.29, 0.717) is 26.3 Å². The zero-order valence-electron chi connectivity index (χ0n) is 7.18. The van der Waals surface area contributed by atoms with E-state index in [-0.39, 0.29) is 6.54 Å². The van der Waals surface area contributed by atoms with Crippen molar-refractivity contribution in [2.45, 2.75) is 6.04 Å². The first-order valence-corrected chi connectivity index (χ1v) is 4.07. The largest absolute Gasteiger partial charge is 0.379 e. The second-order valence-corrected chi connectivity index (χ2v) is 2.84. The molecule has 1 atom stereocenters. The maximum atomic E-state index is 10.3. The minimum Gasteiger partial charge on any atom is -0.379 e. The number of morpholine rings is 1. The van der Waals surface area contributed by atoms with Crippen molar-refractivity contribution < 1.29 is 9.66 Å². The van der Waals surface area contributed by atoms with E-state index in [2.05, 4.69) is 0 Å². The van der Waals surface area contributed by atoms with Gasteiger partial charge in [0.25, 0.3) is 0 Å². The Bertz CT molecular complexity index is 220. The highest BCUT2D eigenvalue weighted by Gasteiger charge is 2.23. The van der Waals surface area contributed by atoms with Crippen molar-refractivity contribution in [1.82, 2.24) is 4.90 Å². The van der Waals surface area contributed by atoms with E-state index >= 15 is 0 Å². The van der Waals surface area contributed by atoms with Gasteiger partial charge in [-0.15, -0.1) is 0 Å². The molecular formula is C7H11N3O3. The molecule has 6 nitrogen and oxygen atoms in total. The predicted octanol–water partition coefficient (Wildman–Crippen LogP) is -0.513. The van der Waals surface area contributed by atoms with Gasteiger partial charge in [0.05, 0.1) is 19.8 Å². The van der Waals surface area contributed by atoms with Crippen molar-refractivity contribution in [2.75, 3.05) is 32.8 Å². The zero-order valence-corrected chi connectivity index (χ0v) is 7.18. The number of nitrogens with zero attached hydrogens (tertiary/aromatic N) is 3. The van der Waals surface area contributed by atoms with E-state index in [1.807, 2.05) is 4.90 Å². The maximum Gasteiger partial charge on any atom is 0.309 e. The second kappa shape index (κ2) is 4.74. The van der Waals surface area contributed by atoms with E-state index < -0.39 is 11.0 Å². The average Bonchev–Trinajstić information content (AvgIpc) is 2.15. The van der Waals surface area contributed by atoms with Crippen LogP contribution in [0.2, 0.25) is 0 Å². The fourth-order valence-corrected chi connectivity index (χ4v) is 1.18. The van der Waals surface area contributed by atoms with Gasteiger partial charge in [-0.3, -0.25) is 15.0 Å².